The summed E-state index contributed by atoms with van der Waals surface area (Å²) in [5.74, 6) is -19.4. The first-order valence-electron chi connectivity index (χ1n) is 16.1. The summed E-state index contributed by atoms with van der Waals surface area (Å²) in [4.78, 5) is 0. The normalized spacial score (nSPS) is 16.4. The summed E-state index contributed by atoms with van der Waals surface area (Å²) < 4.78 is 144. The van der Waals surface area contributed by atoms with Crippen molar-refractivity contribution >= 4 is 16.6 Å². The highest BCUT2D eigenvalue weighted by Gasteiger charge is 2.81. The van der Waals surface area contributed by atoms with Gasteiger partial charge in [0.2, 0.25) is 0 Å². The van der Waals surface area contributed by atoms with Crippen LogP contribution in [0.1, 0.15) is 73.3 Å². The number of halogens is 9. The van der Waals surface area contributed by atoms with E-state index < -0.39 is 82.4 Å². The molecule has 280 valence electrons. The van der Waals surface area contributed by atoms with Crippen molar-refractivity contribution in [2.45, 2.75) is 152 Å². The van der Waals surface area contributed by atoms with Crippen LogP contribution in [-0.4, -0.2) is 70.6 Å². The summed E-state index contributed by atoms with van der Waals surface area (Å²) in [7, 11) is -6.28. The van der Waals surface area contributed by atoms with Gasteiger partial charge in [-0.05, 0) is 47.2 Å². The second kappa shape index (κ2) is 16.7. The number of benzene rings is 1. The monoisotopic (exact) mass is 740 g/mol. The third-order valence-corrected chi connectivity index (χ3v) is 19.6. The molecule has 0 saturated carbocycles. The van der Waals surface area contributed by atoms with Crippen LogP contribution in [0.25, 0.3) is 0 Å². The van der Waals surface area contributed by atoms with E-state index in [1.54, 1.807) is 52.0 Å². The van der Waals surface area contributed by atoms with Crippen LogP contribution in [0, 0.1) is 0 Å². The predicted molar refractivity (Wildman–Crippen MR) is 175 cm³/mol. The largest absolute Gasteiger partial charge is 0.460 e. The van der Waals surface area contributed by atoms with Crippen LogP contribution < -0.4 is 0 Å². The van der Waals surface area contributed by atoms with E-state index >= 15 is 0 Å². The Bertz CT molecular complexity index is 1120. The zero-order chi connectivity index (χ0) is 37.6. The summed E-state index contributed by atoms with van der Waals surface area (Å²) in [6, 6.07) is 8.14. The van der Waals surface area contributed by atoms with Crippen molar-refractivity contribution in [3.05, 3.63) is 48.6 Å². The second-order valence-corrected chi connectivity index (χ2v) is 24.4. The zero-order valence-corrected chi connectivity index (χ0v) is 31.4. The standard InChI is InChI=1S/C33H53F9O4Si2/c1-11-15-26(43)20-27(44-21-25-16-13-12-14-17-25)28(22-45-47(9,10)29(6,7)8)46-48(23(2)3,24(4)5)19-18-30(34,35)31(36,37)32(38,39)33(40,41)42/h11-14,16-17,23-24,26-28,43H,1,15,18-22H2,2-10H3/t26-,27+,28+/m0/s1. The molecule has 0 bridgehead atoms. The van der Waals surface area contributed by atoms with Crippen LogP contribution in [0.5, 0.6) is 0 Å². The summed E-state index contributed by atoms with van der Waals surface area (Å²) in [6.07, 6.45) is -10.2. The van der Waals surface area contributed by atoms with E-state index in [-0.39, 0.29) is 31.1 Å². The minimum atomic E-state index is -6.97. The van der Waals surface area contributed by atoms with Gasteiger partial charge in [-0.1, -0.05) is 84.9 Å². The fraction of sp³-hybridized carbons (Fsp3) is 0.758. The van der Waals surface area contributed by atoms with Crippen LogP contribution in [0.15, 0.2) is 43.0 Å². The number of alkyl halides is 9. The molecule has 15 heteroatoms. The molecular formula is C33H53F9O4Si2. The molecule has 48 heavy (non-hydrogen) atoms. The first-order valence-corrected chi connectivity index (χ1v) is 21.2. The fourth-order valence-corrected chi connectivity index (χ4v) is 10.8. The van der Waals surface area contributed by atoms with Crippen molar-refractivity contribution in [3.63, 3.8) is 0 Å². The maximum Gasteiger partial charge on any atom is 0.460 e. The van der Waals surface area contributed by atoms with Gasteiger partial charge >= 0.3 is 23.9 Å². The Morgan fingerprint density at radius 1 is 0.833 bits per heavy atom. The summed E-state index contributed by atoms with van der Waals surface area (Å²) in [5.41, 5.74) is -0.407. The maximum absolute atomic E-state index is 14.9. The van der Waals surface area contributed by atoms with E-state index in [0.717, 1.165) is 5.56 Å². The van der Waals surface area contributed by atoms with Gasteiger partial charge in [-0.15, -0.1) is 6.58 Å². The van der Waals surface area contributed by atoms with E-state index in [4.69, 9.17) is 13.6 Å². The summed E-state index contributed by atoms with van der Waals surface area (Å²) in [5, 5.41) is 10.5. The van der Waals surface area contributed by atoms with Gasteiger partial charge in [-0.25, -0.2) is 0 Å². The Balaban J connectivity index is 3.71. The van der Waals surface area contributed by atoms with Crippen LogP contribution in [0.3, 0.4) is 0 Å². The molecule has 1 N–H and O–H groups in total. The molecule has 0 fully saturated rings. The van der Waals surface area contributed by atoms with Gasteiger partial charge in [-0.3, -0.25) is 0 Å². The van der Waals surface area contributed by atoms with Gasteiger partial charge in [0.25, 0.3) is 0 Å². The molecule has 0 aliphatic heterocycles. The molecule has 1 aromatic rings. The van der Waals surface area contributed by atoms with Crippen LogP contribution in [-0.2, 0) is 20.2 Å². The minimum absolute atomic E-state index is 0.0168. The van der Waals surface area contributed by atoms with E-state index in [2.05, 4.69) is 6.58 Å². The fourth-order valence-electron chi connectivity index (χ4n) is 5.16. The number of rotatable bonds is 20. The molecule has 0 amide bonds. The van der Waals surface area contributed by atoms with Crippen LogP contribution >= 0.6 is 0 Å². The molecule has 0 heterocycles. The van der Waals surface area contributed by atoms with Crippen LogP contribution in [0.2, 0.25) is 35.3 Å². The lowest BCUT2D eigenvalue weighted by Crippen LogP contribution is -2.61. The molecule has 4 nitrogen and oxygen atoms in total. The number of hydrogen-bond donors (Lipinski definition) is 1. The van der Waals surface area contributed by atoms with Gasteiger partial charge < -0.3 is 18.7 Å². The van der Waals surface area contributed by atoms with Crippen molar-refractivity contribution < 1.29 is 58.2 Å². The van der Waals surface area contributed by atoms with E-state index in [0.29, 0.717) is 0 Å². The summed E-state index contributed by atoms with van der Waals surface area (Å²) >= 11 is 0. The lowest BCUT2D eigenvalue weighted by atomic mass is 10.0. The zero-order valence-electron chi connectivity index (χ0n) is 29.4. The number of ether oxygens (including phenoxy) is 1. The molecule has 0 aliphatic rings. The average molecular weight is 741 g/mol. The molecule has 1 rings (SSSR count). The Kier molecular flexibility index (Phi) is 15.6. The van der Waals surface area contributed by atoms with Gasteiger partial charge in [0.05, 0.1) is 31.5 Å². The predicted octanol–water partition coefficient (Wildman–Crippen LogP) is 10.9. The van der Waals surface area contributed by atoms with Crippen LogP contribution in [0.4, 0.5) is 39.5 Å². The van der Waals surface area contributed by atoms with E-state index in [9.17, 15) is 44.6 Å². The van der Waals surface area contributed by atoms with Crippen molar-refractivity contribution in [1.82, 2.24) is 0 Å². The SMILES string of the molecule is C=CC[C@H](O)C[C@@H](OCc1ccccc1)[C@@H](CO[Si](C)(C)C(C)(C)C)O[Si](CCC(F)(F)C(F)(F)C(F)(F)C(F)(F)F)(C(C)C)C(C)C. The van der Waals surface area contributed by atoms with Crippen molar-refractivity contribution in [2.75, 3.05) is 6.61 Å². The van der Waals surface area contributed by atoms with E-state index in [1.807, 2.05) is 39.9 Å². The molecule has 1 aromatic carbocycles. The maximum atomic E-state index is 14.9. The molecule has 0 radical (unpaired) electrons. The first kappa shape index (κ1) is 44.6. The molecule has 0 unspecified atom stereocenters. The van der Waals surface area contributed by atoms with Crippen molar-refractivity contribution in [1.29, 1.82) is 0 Å². The van der Waals surface area contributed by atoms with Gasteiger partial charge in [0.1, 0.15) is 0 Å². The summed E-state index contributed by atoms with van der Waals surface area (Å²) in [6.45, 7) is 19.9. The first-order chi connectivity index (χ1) is 21.6. The highest BCUT2D eigenvalue weighted by Crippen LogP contribution is 2.55. The molecule has 0 saturated heterocycles. The minimum Gasteiger partial charge on any atom is -0.414 e. The van der Waals surface area contributed by atoms with Crippen molar-refractivity contribution in [2.24, 2.45) is 0 Å². The lowest BCUT2D eigenvalue weighted by Gasteiger charge is -2.46. The van der Waals surface area contributed by atoms with Gasteiger partial charge in [-0.2, -0.15) is 39.5 Å². The molecule has 0 aromatic heterocycles. The van der Waals surface area contributed by atoms with Gasteiger partial charge in [0.15, 0.2) is 16.6 Å². The molecule has 0 spiro atoms. The third-order valence-electron chi connectivity index (χ3n) is 9.44. The molecular weight excluding hydrogens is 688 g/mol. The Labute approximate surface area is 281 Å². The lowest BCUT2D eigenvalue weighted by molar-refractivity contribution is -0.396. The number of hydrogen-bond acceptors (Lipinski definition) is 4. The Morgan fingerprint density at radius 2 is 1.35 bits per heavy atom. The van der Waals surface area contributed by atoms with Crippen molar-refractivity contribution in [3.8, 4) is 0 Å². The molecule has 0 aliphatic carbocycles. The van der Waals surface area contributed by atoms with E-state index in [1.165, 1.54) is 6.08 Å². The number of aliphatic hydroxyl groups excluding tert-OH is 1. The Morgan fingerprint density at radius 3 is 1.79 bits per heavy atom. The topological polar surface area (TPSA) is 47.9 Å². The quantitative estimate of drug-likeness (QED) is 0.0822. The average Bonchev–Trinajstić information content (AvgIpc) is 2.94. The highest BCUT2D eigenvalue weighted by molar-refractivity contribution is 6.76. The Hall–Kier alpha value is -1.40. The number of aliphatic hydroxyl groups is 1. The highest BCUT2D eigenvalue weighted by atomic mass is 28.4. The smallest absolute Gasteiger partial charge is 0.414 e. The van der Waals surface area contributed by atoms with Gasteiger partial charge in [0, 0.05) is 12.8 Å². The third kappa shape index (κ3) is 10.8. The molecule has 3 atom stereocenters. The second-order valence-electron chi connectivity index (χ2n) is 14.6.